The molecule has 1 aliphatic rings. The molecule has 2 aromatic heterocycles. The molecule has 1 saturated carbocycles. The van der Waals surface area contributed by atoms with Crippen LogP contribution in [0.5, 0.6) is 0 Å². The van der Waals surface area contributed by atoms with E-state index in [0.717, 1.165) is 0 Å². The lowest BCUT2D eigenvalue weighted by atomic mass is 9.92. The number of sulfone groups is 1. The minimum absolute atomic E-state index is 0.00121. The number of Topliss-reactive ketones (excluding diaryl/α,β-unsaturated/α-hetero) is 1. The lowest BCUT2D eigenvalue weighted by Crippen LogP contribution is -2.47. The van der Waals surface area contributed by atoms with Gasteiger partial charge in [0.15, 0.2) is 0 Å². The number of aryl methyl sites for hydroxylation is 1. The molecule has 39 heavy (non-hydrogen) atoms. The number of hydrogen-bond donors (Lipinski definition) is 1. The molecule has 9 nitrogen and oxygen atoms in total. The van der Waals surface area contributed by atoms with Crippen molar-refractivity contribution in [3.63, 3.8) is 0 Å². The highest BCUT2D eigenvalue weighted by Crippen LogP contribution is 2.34. The van der Waals surface area contributed by atoms with Gasteiger partial charge in [-0.15, -0.1) is 0 Å². The van der Waals surface area contributed by atoms with Crippen LogP contribution in [0.4, 0.5) is 10.1 Å². The quantitative estimate of drug-likeness (QED) is 0.351. The third-order valence-corrected chi connectivity index (χ3v) is 9.16. The Balaban J connectivity index is 1.79. The third kappa shape index (κ3) is 5.36. The van der Waals surface area contributed by atoms with Crippen LogP contribution in [0.25, 0.3) is 11.3 Å². The largest absolute Gasteiger partial charge is 0.366 e. The van der Waals surface area contributed by atoms with Crippen LogP contribution >= 0.6 is 0 Å². The number of halogens is 1. The molecule has 3 aromatic rings. The first kappa shape index (κ1) is 28.2. The number of amides is 2. The first-order chi connectivity index (χ1) is 18.3. The molecule has 0 saturated heterocycles. The molecule has 0 bridgehead atoms. The zero-order valence-electron chi connectivity index (χ0n) is 22.3. The van der Waals surface area contributed by atoms with E-state index in [9.17, 15) is 27.2 Å². The molecule has 2 heterocycles. The summed E-state index contributed by atoms with van der Waals surface area (Å²) in [4.78, 5) is 45.7. The number of benzene rings is 1. The lowest BCUT2D eigenvalue weighted by molar-refractivity contribution is -0.115. The van der Waals surface area contributed by atoms with Crippen molar-refractivity contribution in [1.29, 1.82) is 0 Å². The predicted molar refractivity (Wildman–Crippen MR) is 146 cm³/mol. The maximum Gasteiger partial charge on any atom is 0.301 e. The average Bonchev–Trinajstić information content (AvgIpc) is 3.16. The summed E-state index contributed by atoms with van der Waals surface area (Å²) in [5.41, 5.74) is 7.62. The number of aromatic nitrogens is 2. The summed E-state index contributed by atoms with van der Waals surface area (Å²) in [6.07, 6.45) is 5.68. The molecule has 2 amide bonds. The molecule has 206 valence electrons. The molecule has 0 radical (unpaired) electrons. The number of hydrogen-bond acceptors (Lipinski definition) is 6. The van der Waals surface area contributed by atoms with E-state index >= 15 is 0 Å². The van der Waals surface area contributed by atoms with Gasteiger partial charge in [0, 0.05) is 43.0 Å². The summed E-state index contributed by atoms with van der Waals surface area (Å²) in [6.45, 7) is 3.12. The van der Waals surface area contributed by atoms with Crippen LogP contribution in [-0.2, 0) is 21.7 Å². The van der Waals surface area contributed by atoms with Crippen molar-refractivity contribution in [3.8, 4) is 11.3 Å². The fourth-order valence-corrected chi connectivity index (χ4v) is 6.64. The van der Waals surface area contributed by atoms with Crippen LogP contribution < -0.4 is 10.6 Å². The lowest BCUT2D eigenvalue weighted by Gasteiger charge is -2.36. The van der Waals surface area contributed by atoms with Crippen LogP contribution in [0.1, 0.15) is 57.7 Å². The number of anilines is 1. The summed E-state index contributed by atoms with van der Waals surface area (Å²) in [7, 11) is -1.68. The predicted octanol–water partition coefficient (Wildman–Crippen LogP) is 3.51. The minimum Gasteiger partial charge on any atom is -0.366 e. The second kappa shape index (κ2) is 10.7. The van der Waals surface area contributed by atoms with E-state index in [2.05, 4.69) is 4.98 Å². The number of rotatable bonds is 7. The number of pyridine rings is 1. The summed E-state index contributed by atoms with van der Waals surface area (Å²) < 4.78 is 39.8. The fraction of sp³-hybridized carbons (Fsp3) is 0.357. The Kier molecular flexibility index (Phi) is 7.74. The third-order valence-electron chi connectivity index (χ3n) is 7.48. The first-order valence-corrected chi connectivity index (χ1v) is 14.5. The molecule has 0 aliphatic heterocycles. The number of primary amides is 1. The Morgan fingerprint density at radius 2 is 1.77 bits per heavy atom. The molecular formula is C28H31FN4O5S. The van der Waals surface area contributed by atoms with Crippen LogP contribution in [0.2, 0.25) is 0 Å². The van der Waals surface area contributed by atoms with E-state index in [-0.39, 0.29) is 16.8 Å². The van der Waals surface area contributed by atoms with Crippen molar-refractivity contribution in [3.05, 3.63) is 70.9 Å². The van der Waals surface area contributed by atoms with E-state index in [1.165, 1.54) is 40.1 Å². The number of carbonyl (C=O) groups is 3. The summed E-state index contributed by atoms with van der Waals surface area (Å²) in [5.74, 6) is -2.93. The van der Waals surface area contributed by atoms with Crippen molar-refractivity contribution < 1.29 is 27.2 Å². The SMILES string of the molecule is Cc1cc(N(C(=O)C(=O)c2c(C)c(C(N)=O)c(-c3cccnc3)n2C)C2CCC(S(C)(=O)=O)CC2)ccc1F. The van der Waals surface area contributed by atoms with Crippen LogP contribution in [-0.4, -0.2) is 53.1 Å². The van der Waals surface area contributed by atoms with Crippen molar-refractivity contribution in [2.24, 2.45) is 12.8 Å². The van der Waals surface area contributed by atoms with Gasteiger partial charge in [-0.3, -0.25) is 19.4 Å². The number of carbonyl (C=O) groups excluding carboxylic acids is 3. The highest BCUT2D eigenvalue weighted by atomic mass is 32.2. The van der Waals surface area contributed by atoms with Crippen LogP contribution in [0, 0.1) is 19.7 Å². The van der Waals surface area contributed by atoms with E-state index in [1.807, 2.05) is 0 Å². The summed E-state index contributed by atoms with van der Waals surface area (Å²) in [6, 6.07) is 7.09. The van der Waals surface area contributed by atoms with Gasteiger partial charge in [0.2, 0.25) is 0 Å². The Hall–Kier alpha value is -3.86. The van der Waals surface area contributed by atoms with Gasteiger partial charge in [0.05, 0.1) is 22.2 Å². The molecular weight excluding hydrogens is 523 g/mol. The van der Waals surface area contributed by atoms with Crippen LogP contribution in [0.15, 0.2) is 42.7 Å². The molecule has 1 fully saturated rings. The van der Waals surface area contributed by atoms with Gasteiger partial charge in [0.1, 0.15) is 15.7 Å². The van der Waals surface area contributed by atoms with Gasteiger partial charge >= 0.3 is 5.91 Å². The van der Waals surface area contributed by atoms with E-state index in [1.54, 1.807) is 39.2 Å². The zero-order valence-corrected chi connectivity index (χ0v) is 23.1. The van der Waals surface area contributed by atoms with Gasteiger partial charge < -0.3 is 15.2 Å². The van der Waals surface area contributed by atoms with Gasteiger partial charge in [0.25, 0.3) is 11.7 Å². The maximum absolute atomic E-state index is 14.1. The highest BCUT2D eigenvalue weighted by molar-refractivity contribution is 7.91. The maximum atomic E-state index is 14.1. The highest BCUT2D eigenvalue weighted by Gasteiger charge is 2.38. The van der Waals surface area contributed by atoms with Gasteiger partial charge in [-0.25, -0.2) is 12.8 Å². The summed E-state index contributed by atoms with van der Waals surface area (Å²) in [5, 5.41) is -0.522. The standard InChI is InChI=1S/C28H31FN4O5S/c1-16-14-20(9-12-22(16)29)33(19-7-10-21(11-8-19)39(4,37)38)28(36)26(34)24-17(2)23(27(30)35)25(32(24)3)18-6-5-13-31-15-18/h5-6,9,12-15,19,21H,7-8,10-11H2,1-4H3,(H2,30,35). The number of ketones is 1. The molecule has 2 N–H and O–H groups in total. The van der Waals surface area contributed by atoms with Crippen molar-refractivity contribution in [1.82, 2.24) is 9.55 Å². The Labute approximate surface area is 226 Å². The van der Waals surface area contributed by atoms with Crippen LogP contribution in [0.3, 0.4) is 0 Å². The van der Waals surface area contributed by atoms with Crippen molar-refractivity contribution in [2.75, 3.05) is 11.2 Å². The van der Waals surface area contributed by atoms with Crippen molar-refractivity contribution in [2.45, 2.75) is 50.8 Å². The topological polar surface area (TPSA) is 132 Å². The summed E-state index contributed by atoms with van der Waals surface area (Å²) >= 11 is 0. The second-order valence-electron chi connectivity index (χ2n) is 10.1. The average molecular weight is 555 g/mol. The van der Waals surface area contributed by atoms with E-state index in [4.69, 9.17) is 5.73 Å². The minimum atomic E-state index is -3.25. The smallest absolute Gasteiger partial charge is 0.301 e. The Morgan fingerprint density at radius 3 is 2.31 bits per heavy atom. The van der Waals surface area contributed by atoms with Gasteiger partial charge in [-0.05, 0) is 81.0 Å². The van der Waals surface area contributed by atoms with Gasteiger partial charge in [-0.1, -0.05) is 0 Å². The van der Waals surface area contributed by atoms with E-state index in [0.29, 0.717) is 48.2 Å². The monoisotopic (exact) mass is 554 g/mol. The molecule has 1 aliphatic carbocycles. The molecule has 4 rings (SSSR count). The normalized spacial score (nSPS) is 17.6. The first-order valence-electron chi connectivity index (χ1n) is 12.5. The zero-order chi connectivity index (χ0) is 28.6. The molecule has 0 spiro atoms. The van der Waals surface area contributed by atoms with E-state index < -0.39 is 44.5 Å². The number of nitrogens with zero attached hydrogens (tertiary/aromatic N) is 3. The van der Waals surface area contributed by atoms with Gasteiger partial charge in [-0.2, -0.15) is 0 Å². The second-order valence-corrected chi connectivity index (χ2v) is 12.4. The Morgan fingerprint density at radius 1 is 1.10 bits per heavy atom. The number of nitrogens with two attached hydrogens (primary N) is 1. The molecule has 0 atom stereocenters. The fourth-order valence-electron chi connectivity index (χ4n) is 5.51. The molecule has 11 heteroatoms. The Bertz CT molecular complexity index is 1560. The van der Waals surface area contributed by atoms with Crippen molar-refractivity contribution >= 4 is 33.1 Å². The molecule has 0 unspecified atom stereocenters. The molecule has 1 aromatic carbocycles.